The van der Waals surface area contributed by atoms with Crippen LogP contribution < -0.4 is 10.6 Å². The first-order valence-corrected chi connectivity index (χ1v) is 30.1. The van der Waals surface area contributed by atoms with Gasteiger partial charge in [0, 0.05) is 13.8 Å². The van der Waals surface area contributed by atoms with Crippen LogP contribution in [0.3, 0.4) is 0 Å². The van der Waals surface area contributed by atoms with Crippen molar-refractivity contribution in [3.63, 3.8) is 0 Å². The molecular formula is C52H88N2O41. The second-order valence-corrected chi connectivity index (χ2v) is 23.9. The summed E-state index contributed by atoms with van der Waals surface area (Å²) < 4.78 is 86.9. The number of amides is 2. The van der Waals surface area contributed by atoms with Gasteiger partial charge in [0.05, 0.1) is 52.9 Å². The minimum atomic E-state index is -2.50. The van der Waals surface area contributed by atoms with Crippen LogP contribution in [0.15, 0.2) is 0 Å². The molecule has 0 aromatic carbocycles. The maximum Gasteiger partial charge on any atom is 0.217 e. The van der Waals surface area contributed by atoms with Crippen LogP contribution in [-0.4, -0.2) is 433 Å². The second kappa shape index (κ2) is 33.9. The van der Waals surface area contributed by atoms with Crippen LogP contribution in [0.25, 0.3) is 0 Å². The quantitative estimate of drug-likeness (QED) is 0.0427. The molecule has 552 valence electrons. The third kappa shape index (κ3) is 17.0. The highest BCUT2D eigenvalue weighted by atomic mass is 16.8. The van der Waals surface area contributed by atoms with Crippen LogP contribution >= 0.6 is 0 Å². The van der Waals surface area contributed by atoms with Crippen LogP contribution in [0.2, 0.25) is 0 Å². The van der Waals surface area contributed by atoms with E-state index in [4.69, 9.17) is 71.1 Å². The smallest absolute Gasteiger partial charge is 0.217 e. The maximum absolute atomic E-state index is 12.8. The number of ether oxygens (including phenoxy) is 15. The molecule has 8 aliphatic rings. The van der Waals surface area contributed by atoms with Gasteiger partial charge in [-0.2, -0.15) is 0 Å². The Labute approximate surface area is 536 Å². The van der Waals surface area contributed by atoms with Gasteiger partial charge >= 0.3 is 0 Å². The van der Waals surface area contributed by atoms with Crippen molar-refractivity contribution >= 4 is 11.8 Å². The minimum absolute atomic E-state index is 0.768. The number of hydrogen-bond donors (Lipinski definition) is 26. The molecule has 0 spiro atoms. The molecule has 8 rings (SSSR count). The molecule has 43 nitrogen and oxygen atoms in total. The molecule has 8 fully saturated rings. The van der Waals surface area contributed by atoms with Gasteiger partial charge in [0.25, 0.3) is 0 Å². The summed E-state index contributed by atoms with van der Waals surface area (Å²) in [5, 5.41) is 266. The number of hydrogen-bond acceptors (Lipinski definition) is 41. The van der Waals surface area contributed by atoms with E-state index in [9.17, 15) is 132 Å². The summed E-state index contributed by atoms with van der Waals surface area (Å²) in [4.78, 5) is 24.9. The van der Waals surface area contributed by atoms with E-state index in [1.807, 2.05) is 0 Å². The molecule has 0 aliphatic carbocycles. The number of carbonyl (C=O) groups is 2. The Balaban J connectivity index is 1.13. The van der Waals surface area contributed by atoms with E-state index in [0.717, 1.165) is 13.8 Å². The average Bonchev–Trinajstić information content (AvgIpc) is 0.785. The lowest BCUT2D eigenvalue weighted by atomic mass is 9.94. The first-order valence-electron chi connectivity index (χ1n) is 30.1. The molecule has 95 heavy (non-hydrogen) atoms. The van der Waals surface area contributed by atoms with E-state index in [1.165, 1.54) is 0 Å². The van der Waals surface area contributed by atoms with Crippen molar-refractivity contribution in [2.24, 2.45) is 0 Å². The van der Waals surface area contributed by atoms with Crippen LogP contribution in [0.1, 0.15) is 13.8 Å². The number of carbonyl (C=O) groups excluding carboxylic acids is 2. The van der Waals surface area contributed by atoms with Crippen molar-refractivity contribution in [1.82, 2.24) is 10.6 Å². The first-order chi connectivity index (χ1) is 44.9. The summed E-state index contributed by atoms with van der Waals surface area (Å²) in [6, 6.07) is -3.50. The van der Waals surface area contributed by atoms with Gasteiger partial charge in [-0.1, -0.05) is 0 Å². The van der Waals surface area contributed by atoms with E-state index in [1.54, 1.807) is 0 Å². The molecule has 8 saturated heterocycles. The third-order valence-corrected chi connectivity index (χ3v) is 17.4. The first kappa shape index (κ1) is 78.1. The Hall–Kier alpha value is -2.62. The van der Waals surface area contributed by atoms with Crippen molar-refractivity contribution in [2.75, 3.05) is 52.9 Å². The van der Waals surface area contributed by atoms with Gasteiger partial charge in [-0.25, -0.2) is 0 Å². The Bertz CT molecular complexity index is 2380. The molecule has 8 heterocycles. The predicted octanol–water partition coefficient (Wildman–Crippen LogP) is -18.2. The largest absolute Gasteiger partial charge is 0.394 e. The third-order valence-electron chi connectivity index (χ3n) is 17.4. The minimum Gasteiger partial charge on any atom is -0.394 e. The molecule has 8 aliphatic heterocycles. The fourth-order valence-electron chi connectivity index (χ4n) is 12.0. The Morgan fingerprint density at radius 1 is 0.274 bits per heavy atom. The van der Waals surface area contributed by atoms with Gasteiger partial charge in [-0.15, -0.1) is 0 Å². The van der Waals surface area contributed by atoms with Crippen molar-refractivity contribution in [2.45, 2.75) is 259 Å². The van der Waals surface area contributed by atoms with Crippen molar-refractivity contribution in [3.05, 3.63) is 0 Å². The molecule has 43 heteroatoms. The van der Waals surface area contributed by atoms with Crippen LogP contribution in [-0.2, 0) is 80.6 Å². The average molecular weight is 1400 g/mol. The zero-order valence-electron chi connectivity index (χ0n) is 50.4. The lowest BCUT2D eigenvalue weighted by molar-refractivity contribution is -0.400. The second-order valence-electron chi connectivity index (χ2n) is 23.9. The molecule has 0 radical (unpaired) electrons. The molecule has 0 saturated carbocycles. The van der Waals surface area contributed by atoms with Crippen molar-refractivity contribution in [1.29, 1.82) is 0 Å². The maximum atomic E-state index is 12.8. The van der Waals surface area contributed by atoms with E-state index in [-0.39, 0.29) is 0 Å². The summed E-state index contributed by atoms with van der Waals surface area (Å²) in [6.45, 7) is -6.29. The monoisotopic (exact) mass is 1400 g/mol. The van der Waals surface area contributed by atoms with Crippen LogP contribution in [0, 0.1) is 0 Å². The molecule has 2 amide bonds. The summed E-state index contributed by atoms with van der Waals surface area (Å²) in [5.41, 5.74) is 0. The SMILES string of the molecule is CC(=O)N[C@@H]1[C@@H](O)[C@H](O[C@@H]2O[C@H](CO)[C@@H](O[C@@H]3O[C@H](CO[C@H]4O[C@H](CO[C@H]5O[C@H](CO)[C@@H](O)[C@H](O)[C@@H]5O)[C@@H](O)[C@H](O)[C@@H]4O[C@H]4O[C@H](CO)[C@@H](O)[C@H](O)[C@@H]4O)[C@@H](O)[C@H](O[C@H]4O[C@H](CO)[C@@H](O)[C@H](O)[C@@H]4O[C@H]4O[C@H](CO)[C@@H](O)[C@H](O)[C@@H]4O)[C@@H]3O)[C@H](O)[C@H]2NC(C)=O)[C@@H](CO)O[C@H]1O. The fourth-order valence-corrected chi connectivity index (χ4v) is 12.0. The molecule has 40 atom stereocenters. The summed E-state index contributed by atoms with van der Waals surface area (Å²) in [7, 11) is 0. The summed E-state index contributed by atoms with van der Waals surface area (Å²) >= 11 is 0. The van der Waals surface area contributed by atoms with Crippen molar-refractivity contribution in [3.8, 4) is 0 Å². The number of rotatable bonds is 24. The Morgan fingerprint density at radius 3 is 1.05 bits per heavy atom. The number of aliphatic hydroxyl groups excluding tert-OH is 24. The molecular weight excluding hydrogens is 1310 g/mol. The van der Waals surface area contributed by atoms with Gasteiger partial charge < -0.3 is 204 Å². The molecule has 0 aromatic rings. The summed E-state index contributed by atoms with van der Waals surface area (Å²) in [6.07, 6.45) is -78.1. The van der Waals surface area contributed by atoms with E-state index in [2.05, 4.69) is 10.6 Å². The predicted molar refractivity (Wildman–Crippen MR) is 288 cm³/mol. The molecule has 0 aromatic heterocycles. The standard InChI is InChI=1S/C52H88N2O41/c1-11(61)53-21-29(69)40(17(7-59)83-45(21)80)91-46-22(54-12(2)62)30(70)41(18(8-60)88-46)92-50-39(79)42(93-52-44(34(74)26(66)16(6-58)87-52)95-49-38(78)33(73)25(65)15(5-57)86-49)28(68)20(89-50)10-82-51-43(94-48-37(77)32(72)24(64)14(4-56)85-48)35(75)27(67)19(90-51)9-81-47-36(76)31(71)23(63)13(3-55)84-47/h13-52,55-60,63-80H,3-10H2,1-2H3,(H,53,61)(H,54,62)/t13-,14-,15-,16-,17-,18-,19-,20-,21-,22-,23-,24-,25-,26-,27-,28-,29-,30-,31+,32+,33+,34+,35+,36+,37+,38+,39+,40-,41-,42+,43+,44+,45-,46+,47+,48-,49-,50+,51+,52-/m1/s1. The molecule has 0 bridgehead atoms. The highest BCUT2D eigenvalue weighted by molar-refractivity contribution is 5.73. The zero-order valence-corrected chi connectivity index (χ0v) is 50.4. The van der Waals surface area contributed by atoms with Gasteiger partial charge in [0.1, 0.15) is 195 Å². The summed E-state index contributed by atoms with van der Waals surface area (Å²) in [5.74, 6) is -1.68. The van der Waals surface area contributed by atoms with Gasteiger partial charge in [0.15, 0.2) is 50.3 Å². The van der Waals surface area contributed by atoms with Gasteiger partial charge in [0.2, 0.25) is 11.8 Å². The Morgan fingerprint density at radius 2 is 0.579 bits per heavy atom. The fraction of sp³-hybridized carbons (Fsp3) is 0.962. The van der Waals surface area contributed by atoms with E-state index < -0.39 is 310 Å². The van der Waals surface area contributed by atoms with Gasteiger partial charge in [-0.3, -0.25) is 9.59 Å². The normalized spacial score (nSPS) is 50.8. The number of nitrogens with one attached hydrogen (secondary N) is 2. The number of aliphatic hydroxyl groups is 24. The topological polar surface area (TPSA) is 682 Å². The highest BCUT2D eigenvalue weighted by Crippen LogP contribution is 2.38. The molecule has 26 N–H and O–H groups in total. The van der Waals surface area contributed by atoms with Crippen LogP contribution in [0.5, 0.6) is 0 Å². The lowest BCUT2D eigenvalue weighted by Crippen LogP contribution is -2.70. The van der Waals surface area contributed by atoms with E-state index in [0.29, 0.717) is 0 Å². The Kier molecular flexibility index (Phi) is 27.9. The molecule has 0 unspecified atom stereocenters. The highest BCUT2D eigenvalue weighted by Gasteiger charge is 2.59. The van der Waals surface area contributed by atoms with E-state index >= 15 is 0 Å². The van der Waals surface area contributed by atoms with Gasteiger partial charge in [-0.05, 0) is 0 Å². The lowest BCUT2D eigenvalue weighted by Gasteiger charge is -2.51. The van der Waals surface area contributed by atoms with Crippen molar-refractivity contribution < 1.29 is 203 Å². The van der Waals surface area contributed by atoms with Crippen LogP contribution in [0.4, 0.5) is 0 Å². The zero-order chi connectivity index (χ0) is 69.9.